The molecule has 0 spiro atoms. The minimum absolute atomic E-state index is 0.0155. The van der Waals surface area contributed by atoms with Crippen LogP contribution in [-0.4, -0.2) is 116 Å². The van der Waals surface area contributed by atoms with Crippen LogP contribution in [0.5, 0.6) is 0 Å². The highest BCUT2D eigenvalue weighted by molar-refractivity contribution is 7.98. The fourth-order valence-corrected chi connectivity index (χ4v) is 5.83. The quantitative estimate of drug-likeness (QED) is 0.363. The standard InChI is InChI=1S/C28H40N8O3S/c1-21(37)29-23-7-9-33(10-8-23)20-27(38)36-13-11-35(12-14-36)26-19-25(31-28(32-26)40-2)30-22-3-5-24(6-4-22)34-15-17-39-18-16-34/h3-6,19,23H,7-18,20H2,1-2H3,(H,29,37)(H,30,31,32). The van der Waals surface area contributed by atoms with Crippen LogP contribution in [0.4, 0.5) is 23.0 Å². The number of likely N-dealkylation sites (tertiary alicyclic amines) is 1. The minimum Gasteiger partial charge on any atom is -0.378 e. The van der Waals surface area contributed by atoms with Crippen molar-refractivity contribution in [1.82, 2.24) is 25.1 Å². The lowest BCUT2D eigenvalue weighted by Gasteiger charge is -2.37. The van der Waals surface area contributed by atoms with Gasteiger partial charge in [-0.1, -0.05) is 11.8 Å². The van der Waals surface area contributed by atoms with Crippen molar-refractivity contribution in [3.63, 3.8) is 0 Å². The second-order valence-electron chi connectivity index (χ2n) is 10.5. The summed E-state index contributed by atoms with van der Waals surface area (Å²) in [4.78, 5) is 42.5. The summed E-state index contributed by atoms with van der Waals surface area (Å²) in [6.07, 6.45) is 3.76. The van der Waals surface area contributed by atoms with E-state index >= 15 is 0 Å². The molecule has 3 aliphatic rings. The third-order valence-corrected chi connectivity index (χ3v) is 8.25. The van der Waals surface area contributed by atoms with Crippen LogP contribution in [0.25, 0.3) is 0 Å². The molecule has 216 valence electrons. The van der Waals surface area contributed by atoms with Crippen LogP contribution < -0.4 is 20.4 Å². The van der Waals surface area contributed by atoms with E-state index in [1.807, 2.05) is 17.2 Å². The molecule has 0 saturated carbocycles. The topological polar surface area (TPSA) is 106 Å². The van der Waals surface area contributed by atoms with Crippen LogP contribution in [-0.2, 0) is 14.3 Å². The molecule has 3 aliphatic heterocycles. The van der Waals surface area contributed by atoms with Gasteiger partial charge in [-0.05, 0) is 43.4 Å². The number of carbonyl (C=O) groups is 2. The van der Waals surface area contributed by atoms with E-state index in [9.17, 15) is 9.59 Å². The predicted octanol–water partition coefficient (Wildman–Crippen LogP) is 2.03. The molecule has 40 heavy (non-hydrogen) atoms. The largest absolute Gasteiger partial charge is 0.378 e. The second kappa shape index (κ2) is 13.5. The lowest BCUT2D eigenvalue weighted by molar-refractivity contribution is -0.133. The first-order valence-corrected chi connectivity index (χ1v) is 15.3. The first-order valence-electron chi connectivity index (χ1n) is 14.1. The zero-order valence-electron chi connectivity index (χ0n) is 23.5. The van der Waals surface area contributed by atoms with Gasteiger partial charge in [0.2, 0.25) is 11.8 Å². The molecule has 0 bridgehead atoms. The second-order valence-corrected chi connectivity index (χ2v) is 11.3. The van der Waals surface area contributed by atoms with Crippen LogP contribution in [0.3, 0.4) is 0 Å². The number of carbonyl (C=O) groups excluding carboxylic acids is 2. The van der Waals surface area contributed by atoms with E-state index in [2.05, 4.69) is 54.6 Å². The number of benzene rings is 1. The minimum atomic E-state index is 0.0155. The van der Waals surface area contributed by atoms with Crippen LogP contribution in [0.2, 0.25) is 0 Å². The molecule has 3 fully saturated rings. The van der Waals surface area contributed by atoms with Crippen LogP contribution in [0, 0.1) is 0 Å². The van der Waals surface area contributed by atoms with Crippen molar-refractivity contribution in [1.29, 1.82) is 0 Å². The summed E-state index contributed by atoms with van der Waals surface area (Å²) in [5, 5.41) is 7.15. The average Bonchev–Trinajstić information content (AvgIpc) is 2.98. The summed E-state index contributed by atoms with van der Waals surface area (Å²) in [6.45, 7) is 9.83. The molecular weight excluding hydrogens is 528 g/mol. The van der Waals surface area contributed by atoms with Crippen molar-refractivity contribution < 1.29 is 14.3 Å². The Labute approximate surface area is 240 Å². The smallest absolute Gasteiger partial charge is 0.236 e. The Kier molecular flexibility index (Phi) is 9.61. The van der Waals surface area contributed by atoms with Crippen molar-refractivity contribution in [3.05, 3.63) is 30.3 Å². The molecule has 3 saturated heterocycles. The van der Waals surface area contributed by atoms with Gasteiger partial charge in [-0.3, -0.25) is 14.5 Å². The summed E-state index contributed by atoms with van der Waals surface area (Å²) in [7, 11) is 0. The number of nitrogens with zero attached hydrogens (tertiary/aromatic N) is 6. The highest BCUT2D eigenvalue weighted by Crippen LogP contribution is 2.26. The number of rotatable bonds is 8. The fourth-order valence-electron chi connectivity index (χ4n) is 5.45. The van der Waals surface area contributed by atoms with E-state index in [4.69, 9.17) is 9.72 Å². The first-order chi connectivity index (χ1) is 19.5. The number of nitrogens with one attached hydrogen (secondary N) is 2. The molecule has 2 aromatic rings. The molecule has 5 rings (SSSR count). The zero-order valence-corrected chi connectivity index (χ0v) is 24.3. The Balaban J connectivity index is 1.14. The number of ether oxygens (including phenoxy) is 1. The Morgan fingerprint density at radius 1 is 0.950 bits per heavy atom. The van der Waals surface area contributed by atoms with Crippen LogP contribution >= 0.6 is 11.8 Å². The van der Waals surface area contributed by atoms with Crippen LogP contribution in [0.1, 0.15) is 19.8 Å². The first kappa shape index (κ1) is 28.4. The van der Waals surface area contributed by atoms with E-state index in [1.54, 1.807) is 6.92 Å². The van der Waals surface area contributed by atoms with Gasteiger partial charge in [0.1, 0.15) is 11.6 Å². The summed E-state index contributed by atoms with van der Waals surface area (Å²) in [6, 6.07) is 10.6. The van der Waals surface area contributed by atoms with Crippen molar-refractivity contribution in [3.8, 4) is 0 Å². The molecule has 0 aliphatic carbocycles. The van der Waals surface area contributed by atoms with Gasteiger partial charge in [0, 0.05) is 82.8 Å². The van der Waals surface area contributed by atoms with Gasteiger partial charge in [-0.2, -0.15) is 0 Å². The number of hydrogen-bond acceptors (Lipinski definition) is 10. The van der Waals surface area contributed by atoms with Gasteiger partial charge in [-0.15, -0.1) is 0 Å². The van der Waals surface area contributed by atoms with Gasteiger partial charge in [0.25, 0.3) is 0 Å². The third kappa shape index (κ3) is 7.55. The molecule has 1 aromatic heterocycles. The number of morpholine rings is 1. The summed E-state index contributed by atoms with van der Waals surface area (Å²) in [5.41, 5.74) is 2.18. The molecule has 1 aromatic carbocycles. The number of anilines is 4. The maximum absolute atomic E-state index is 13.0. The number of hydrogen-bond donors (Lipinski definition) is 2. The molecule has 0 unspecified atom stereocenters. The third-order valence-electron chi connectivity index (χ3n) is 7.70. The lowest BCUT2D eigenvalue weighted by Crippen LogP contribution is -2.53. The van der Waals surface area contributed by atoms with E-state index in [0.29, 0.717) is 24.8 Å². The monoisotopic (exact) mass is 568 g/mol. The van der Waals surface area contributed by atoms with Gasteiger partial charge in [0.05, 0.1) is 19.8 Å². The highest BCUT2D eigenvalue weighted by atomic mass is 32.2. The summed E-state index contributed by atoms with van der Waals surface area (Å²) in [5.74, 6) is 1.82. The normalized spacial score (nSPS) is 19.0. The lowest BCUT2D eigenvalue weighted by atomic mass is 10.1. The van der Waals surface area contributed by atoms with Gasteiger partial charge in [-0.25, -0.2) is 9.97 Å². The van der Waals surface area contributed by atoms with Gasteiger partial charge in [0.15, 0.2) is 5.16 Å². The van der Waals surface area contributed by atoms with Crippen LogP contribution in [0.15, 0.2) is 35.5 Å². The average molecular weight is 569 g/mol. The molecule has 0 atom stereocenters. The molecule has 11 nitrogen and oxygen atoms in total. The summed E-state index contributed by atoms with van der Waals surface area (Å²) >= 11 is 1.52. The van der Waals surface area contributed by atoms with E-state index in [-0.39, 0.29) is 17.9 Å². The number of thioether (sulfide) groups is 1. The predicted molar refractivity (Wildman–Crippen MR) is 159 cm³/mol. The zero-order chi connectivity index (χ0) is 27.9. The molecule has 2 amide bonds. The number of amides is 2. The molecular formula is C28H40N8O3S. The molecule has 12 heteroatoms. The maximum atomic E-state index is 13.0. The van der Waals surface area contributed by atoms with Crippen molar-refractivity contribution in [2.24, 2.45) is 0 Å². The SMILES string of the molecule is CSc1nc(Nc2ccc(N3CCOCC3)cc2)cc(N2CCN(C(=O)CN3CCC(NC(C)=O)CC3)CC2)n1. The molecule has 0 radical (unpaired) electrons. The van der Waals surface area contributed by atoms with E-state index in [1.165, 1.54) is 17.4 Å². The fraction of sp³-hybridized carbons (Fsp3) is 0.571. The van der Waals surface area contributed by atoms with Crippen molar-refractivity contribution in [2.75, 3.05) is 93.5 Å². The van der Waals surface area contributed by atoms with Crippen molar-refractivity contribution in [2.45, 2.75) is 31.0 Å². The van der Waals surface area contributed by atoms with E-state index < -0.39 is 0 Å². The number of piperazine rings is 1. The number of aromatic nitrogens is 2. The van der Waals surface area contributed by atoms with Gasteiger partial charge < -0.3 is 30.1 Å². The maximum Gasteiger partial charge on any atom is 0.236 e. The Hall–Kier alpha value is -3.09. The van der Waals surface area contributed by atoms with Crippen molar-refractivity contribution >= 4 is 46.6 Å². The molecule has 2 N–H and O–H groups in total. The number of piperidine rings is 1. The Bertz CT molecular complexity index is 1140. The molecule has 4 heterocycles. The Morgan fingerprint density at radius 2 is 1.65 bits per heavy atom. The summed E-state index contributed by atoms with van der Waals surface area (Å²) < 4.78 is 5.46. The Morgan fingerprint density at radius 3 is 2.30 bits per heavy atom. The highest BCUT2D eigenvalue weighted by Gasteiger charge is 2.26. The van der Waals surface area contributed by atoms with E-state index in [0.717, 1.165) is 82.6 Å². The van der Waals surface area contributed by atoms with Gasteiger partial charge >= 0.3 is 0 Å².